The van der Waals surface area contributed by atoms with Crippen LogP contribution in [0.2, 0.25) is 0 Å². The lowest BCUT2D eigenvalue weighted by molar-refractivity contribution is -0.143. The van der Waals surface area contributed by atoms with Crippen molar-refractivity contribution in [2.24, 2.45) is 11.8 Å². The molecule has 0 spiro atoms. The lowest BCUT2D eigenvalue weighted by atomic mass is 9.91. The van der Waals surface area contributed by atoms with Crippen LogP contribution in [0.4, 0.5) is 14.9 Å². The van der Waals surface area contributed by atoms with Gasteiger partial charge in [-0.3, -0.25) is 9.59 Å². The Morgan fingerprint density at radius 3 is 2.61 bits per heavy atom. The van der Waals surface area contributed by atoms with Crippen LogP contribution in [0.25, 0.3) is 0 Å². The molecule has 1 aromatic carbocycles. The van der Waals surface area contributed by atoms with Crippen LogP contribution < -0.4 is 10.9 Å². The minimum atomic E-state index is -0.925. The summed E-state index contributed by atoms with van der Waals surface area (Å²) in [4.78, 5) is 37.9. The van der Waals surface area contributed by atoms with Crippen LogP contribution >= 0.6 is 0 Å². The van der Waals surface area contributed by atoms with E-state index in [1.54, 1.807) is 24.4 Å². The van der Waals surface area contributed by atoms with Crippen molar-refractivity contribution >= 4 is 17.7 Å². The van der Waals surface area contributed by atoms with Crippen LogP contribution in [-0.2, 0) is 11.3 Å². The Hall–Kier alpha value is -3.16. The number of hydrogen-bond acceptors (Lipinski definition) is 3. The van der Waals surface area contributed by atoms with Gasteiger partial charge in [-0.1, -0.05) is 19.1 Å². The van der Waals surface area contributed by atoms with Gasteiger partial charge in [0.15, 0.2) is 0 Å². The van der Waals surface area contributed by atoms with E-state index < -0.39 is 17.9 Å². The van der Waals surface area contributed by atoms with E-state index in [1.807, 2.05) is 6.92 Å². The van der Waals surface area contributed by atoms with Crippen molar-refractivity contribution in [1.82, 2.24) is 9.47 Å². The summed E-state index contributed by atoms with van der Waals surface area (Å²) in [5, 5.41) is 11.8. The van der Waals surface area contributed by atoms with Crippen molar-refractivity contribution in [2.45, 2.75) is 19.9 Å². The number of hydrogen-bond donors (Lipinski definition) is 2. The largest absolute Gasteiger partial charge is 0.481 e. The Morgan fingerprint density at radius 2 is 1.93 bits per heavy atom. The molecule has 0 radical (unpaired) electrons. The van der Waals surface area contributed by atoms with E-state index in [4.69, 9.17) is 0 Å². The molecule has 2 amide bonds. The molecule has 2 N–H and O–H groups in total. The first-order chi connectivity index (χ1) is 13.3. The summed E-state index contributed by atoms with van der Waals surface area (Å²) >= 11 is 0. The number of nitrogens with zero attached hydrogens (tertiary/aromatic N) is 2. The van der Waals surface area contributed by atoms with Gasteiger partial charge >= 0.3 is 12.0 Å². The predicted molar refractivity (Wildman–Crippen MR) is 102 cm³/mol. The Kier molecular flexibility index (Phi) is 5.77. The first-order valence-electron chi connectivity index (χ1n) is 9.06. The molecule has 7 nitrogen and oxygen atoms in total. The number of aliphatic carboxylic acids is 1. The number of pyridine rings is 1. The molecule has 148 valence electrons. The van der Waals surface area contributed by atoms with Crippen molar-refractivity contribution in [3.05, 3.63) is 64.3 Å². The van der Waals surface area contributed by atoms with E-state index in [9.17, 15) is 23.9 Å². The monoisotopic (exact) mass is 387 g/mol. The smallest absolute Gasteiger partial charge is 0.322 e. The number of carbonyl (C=O) groups excluding carboxylic acids is 1. The van der Waals surface area contributed by atoms with Gasteiger partial charge in [0.1, 0.15) is 11.5 Å². The van der Waals surface area contributed by atoms with Crippen molar-refractivity contribution in [1.29, 1.82) is 0 Å². The average molecular weight is 387 g/mol. The zero-order valence-corrected chi connectivity index (χ0v) is 15.5. The van der Waals surface area contributed by atoms with Gasteiger partial charge < -0.3 is 19.9 Å². The molecule has 0 saturated carbocycles. The van der Waals surface area contributed by atoms with Gasteiger partial charge in [0.2, 0.25) is 0 Å². The minimum absolute atomic E-state index is 0.0616. The highest BCUT2D eigenvalue weighted by Gasteiger charge is 2.32. The first-order valence-corrected chi connectivity index (χ1v) is 9.06. The van der Waals surface area contributed by atoms with Crippen molar-refractivity contribution in [2.75, 3.05) is 18.4 Å². The van der Waals surface area contributed by atoms with Crippen molar-refractivity contribution in [3.8, 4) is 0 Å². The van der Waals surface area contributed by atoms with E-state index >= 15 is 0 Å². The third kappa shape index (κ3) is 4.57. The van der Waals surface area contributed by atoms with Gasteiger partial charge in [-0.2, -0.15) is 0 Å². The topological polar surface area (TPSA) is 91.6 Å². The summed E-state index contributed by atoms with van der Waals surface area (Å²) in [5.74, 6) is -1.83. The number of urea groups is 1. The number of rotatable bonds is 4. The van der Waals surface area contributed by atoms with Gasteiger partial charge in [-0.05, 0) is 42.2 Å². The maximum absolute atomic E-state index is 13.0. The summed E-state index contributed by atoms with van der Waals surface area (Å²) in [6.07, 6.45) is 2.11. The normalized spacial score (nSPS) is 19.3. The van der Waals surface area contributed by atoms with Crippen LogP contribution in [0.1, 0.15) is 18.9 Å². The number of anilines is 1. The molecule has 1 aliphatic heterocycles. The summed E-state index contributed by atoms with van der Waals surface area (Å²) in [7, 11) is 0. The minimum Gasteiger partial charge on any atom is -0.481 e. The molecule has 1 saturated heterocycles. The van der Waals surface area contributed by atoms with Gasteiger partial charge in [0.05, 0.1) is 12.5 Å². The number of carboxylic acids is 1. The van der Waals surface area contributed by atoms with Gasteiger partial charge in [0, 0.05) is 19.3 Å². The third-order valence-corrected chi connectivity index (χ3v) is 4.82. The Bertz CT molecular complexity index is 926. The van der Waals surface area contributed by atoms with Gasteiger partial charge in [-0.25, -0.2) is 9.18 Å². The Balaban J connectivity index is 1.73. The molecule has 1 fully saturated rings. The summed E-state index contributed by atoms with van der Waals surface area (Å²) in [6, 6.07) is 8.48. The summed E-state index contributed by atoms with van der Waals surface area (Å²) in [6.45, 7) is 2.69. The molecule has 0 aliphatic carbocycles. The Morgan fingerprint density at radius 1 is 1.21 bits per heavy atom. The number of likely N-dealkylation sites (tertiary alicyclic amines) is 1. The number of carbonyl (C=O) groups is 2. The van der Waals surface area contributed by atoms with E-state index in [2.05, 4.69) is 5.32 Å². The van der Waals surface area contributed by atoms with Crippen LogP contribution in [-0.4, -0.2) is 39.7 Å². The molecule has 0 bridgehead atoms. The van der Waals surface area contributed by atoms with Crippen molar-refractivity contribution < 1.29 is 19.1 Å². The molecule has 2 aromatic rings. The second-order valence-corrected chi connectivity index (χ2v) is 7.19. The SMILES string of the molecule is CC1CC(C(=O)O)CN(C(=O)Nc2cccn(Cc3ccc(F)cc3)c2=O)C1. The van der Waals surface area contributed by atoms with Crippen LogP contribution in [0.15, 0.2) is 47.4 Å². The van der Waals surface area contributed by atoms with Gasteiger partial charge in [0.25, 0.3) is 5.56 Å². The molecule has 2 heterocycles. The fourth-order valence-corrected chi connectivity index (χ4v) is 3.43. The molecule has 2 unspecified atom stereocenters. The third-order valence-electron chi connectivity index (χ3n) is 4.82. The van der Waals surface area contributed by atoms with Crippen molar-refractivity contribution in [3.63, 3.8) is 0 Å². The summed E-state index contributed by atoms with van der Waals surface area (Å²) in [5.41, 5.74) is 0.473. The predicted octanol–water partition coefficient (Wildman–Crippen LogP) is 2.61. The van der Waals surface area contributed by atoms with Crippen LogP contribution in [0.5, 0.6) is 0 Å². The van der Waals surface area contributed by atoms with E-state index in [0.717, 1.165) is 5.56 Å². The standard InChI is InChI=1S/C20H22FN3O4/c1-13-9-15(19(26)27)12-24(10-13)20(28)22-17-3-2-8-23(18(17)25)11-14-4-6-16(21)7-5-14/h2-8,13,15H,9-12H2,1H3,(H,22,28)(H,26,27). The molecule has 1 aliphatic rings. The number of amides is 2. The number of carboxylic acid groups (broad SMARTS) is 1. The quantitative estimate of drug-likeness (QED) is 0.844. The van der Waals surface area contributed by atoms with E-state index in [0.29, 0.717) is 13.0 Å². The number of aromatic nitrogens is 1. The average Bonchev–Trinajstić information content (AvgIpc) is 2.66. The highest BCUT2D eigenvalue weighted by atomic mass is 19.1. The molecule has 28 heavy (non-hydrogen) atoms. The second-order valence-electron chi connectivity index (χ2n) is 7.19. The lowest BCUT2D eigenvalue weighted by Crippen LogP contribution is -2.47. The zero-order chi connectivity index (χ0) is 20.3. The molecule has 2 atom stereocenters. The fourth-order valence-electron chi connectivity index (χ4n) is 3.43. The highest BCUT2D eigenvalue weighted by molar-refractivity contribution is 5.89. The molecular formula is C20H22FN3O4. The molecule has 8 heteroatoms. The Labute approximate surface area is 161 Å². The maximum atomic E-state index is 13.0. The second kappa shape index (κ2) is 8.24. The fraction of sp³-hybridized carbons (Fsp3) is 0.350. The van der Waals surface area contributed by atoms with Crippen LogP contribution in [0, 0.1) is 17.7 Å². The number of halogens is 1. The molecule has 1 aromatic heterocycles. The first kappa shape index (κ1) is 19.6. The lowest BCUT2D eigenvalue weighted by Gasteiger charge is -2.34. The molecular weight excluding hydrogens is 365 g/mol. The number of benzene rings is 1. The maximum Gasteiger partial charge on any atom is 0.322 e. The van der Waals surface area contributed by atoms with E-state index in [-0.39, 0.29) is 36.1 Å². The number of nitrogens with one attached hydrogen (secondary N) is 1. The van der Waals surface area contributed by atoms with Gasteiger partial charge in [-0.15, -0.1) is 0 Å². The summed E-state index contributed by atoms with van der Waals surface area (Å²) < 4.78 is 14.5. The van der Waals surface area contributed by atoms with E-state index in [1.165, 1.54) is 27.7 Å². The van der Waals surface area contributed by atoms with Crippen LogP contribution in [0.3, 0.4) is 0 Å². The zero-order valence-electron chi connectivity index (χ0n) is 15.5. The molecule has 3 rings (SSSR count). The highest BCUT2D eigenvalue weighted by Crippen LogP contribution is 2.22. The number of piperidine rings is 1.